The van der Waals surface area contributed by atoms with Crippen LogP contribution < -0.4 is 9.64 Å². The molecule has 4 heteroatoms. The van der Waals surface area contributed by atoms with Gasteiger partial charge in [-0.1, -0.05) is 30.3 Å². The molecule has 0 radical (unpaired) electrons. The molecule has 0 amide bonds. The summed E-state index contributed by atoms with van der Waals surface area (Å²) in [5, 5.41) is 9.00. The van der Waals surface area contributed by atoms with Gasteiger partial charge in [0.05, 0.1) is 12.5 Å². The van der Waals surface area contributed by atoms with E-state index in [2.05, 4.69) is 29.2 Å². The normalized spacial score (nSPS) is 24.4. The summed E-state index contributed by atoms with van der Waals surface area (Å²) in [5.41, 5.74) is 2.54. The molecule has 0 spiro atoms. The van der Waals surface area contributed by atoms with E-state index in [9.17, 15) is 4.79 Å². The van der Waals surface area contributed by atoms with Gasteiger partial charge < -0.3 is 14.7 Å². The Morgan fingerprint density at radius 1 is 1.11 bits per heavy atom. The zero-order valence-corrected chi connectivity index (χ0v) is 15.6. The predicted molar refractivity (Wildman–Crippen MR) is 106 cm³/mol. The lowest BCUT2D eigenvalue weighted by molar-refractivity contribution is -0.138. The molecular weight excluding hydrogens is 338 g/mol. The molecule has 27 heavy (non-hydrogen) atoms. The van der Waals surface area contributed by atoms with Crippen LogP contribution in [0.5, 0.6) is 5.75 Å². The number of para-hydroxylation sites is 1. The first-order valence-electron chi connectivity index (χ1n) is 9.97. The summed E-state index contributed by atoms with van der Waals surface area (Å²) >= 11 is 0. The molecule has 2 aliphatic rings. The topological polar surface area (TPSA) is 49.8 Å². The number of nitrogens with zero attached hydrogens (tertiary/aromatic N) is 1. The van der Waals surface area contributed by atoms with Gasteiger partial charge in [0, 0.05) is 12.2 Å². The van der Waals surface area contributed by atoms with Crippen molar-refractivity contribution in [1.82, 2.24) is 0 Å². The van der Waals surface area contributed by atoms with Gasteiger partial charge in [-0.25, -0.2) is 0 Å². The number of carboxylic acids is 1. The number of hydrogen-bond acceptors (Lipinski definition) is 3. The fraction of sp³-hybridized carbons (Fsp3) is 0.435. The van der Waals surface area contributed by atoms with Gasteiger partial charge >= 0.3 is 5.97 Å². The van der Waals surface area contributed by atoms with Gasteiger partial charge in [-0.05, 0) is 67.9 Å². The van der Waals surface area contributed by atoms with Crippen molar-refractivity contribution in [3.05, 3.63) is 60.2 Å². The Morgan fingerprint density at radius 3 is 2.59 bits per heavy atom. The zero-order valence-electron chi connectivity index (χ0n) is 15.6. The zero-order chi connectivity index (χ0) is 18.6. The van der Waals surface area contributed by atoms with E-state index in [0.29, 0.717) is 5.92 Å². The van der Waals surface area contributed by atoms with E-state index in [1.54, 1.807) is 0 Å². The number of carboxylic acid groups (broad SMARTS) is 1. The van der Waals surface area contributed by atoms with Crippen LogP contribution in [0.2, 0.25) is 0 Å². The van der Waals surface area contributed by atoms with Crippen LogP contribution in [0.4, 0.5) is 5.69 Å². The van der Waals surface area contributed by atoms with E-state index in [1.165, 1.54) is 11.3 Å². The number of rotatable bonds is 7. The first-order valence-corrected chi connectivity index (χ1v) is 9.97. The van der Waals surface area contributed by atoms with Crippen molar-refractivity contribution < 1.29 is 14.6 Å². The summed E-state index contributed by atoms with van der Waals surface area (Å²) in [6.07, 6.45) is 5.25. The van der Waals surface area contributed by atoms with E-state index in [0.717, 1.165) is 50.9 Å². The van der Waals surface area contributed by atoms with Gasteiger partial charge in [0.25, 0.3) is 0 Å². The van der Waals surface area contributed by atoms with Crippen molar-refractivity contribution in [3.8, 4) is 5.75 Å². The Bertz CT molecular complexity index is 759. The lowest BCUT2D eigenvalue weighted by Crippen LogP contribution is -2.41. The maximum absolute atomic E-state index is 10.9. The minimum Gasteiger partial charge on any atom is -0.489 e. The van der Waals surface area contributed by atoms with Crippen LogP contribution in [0.25, 0.3) is 0 Å². The molecule has 1 aliphatic heterocycles. The molecule has 2 aromatic rings. The predicted octanol–water partition coefficient (Wildman–Crippen LogP) is 4.39. The molecule has 0 unspecified atom stereocenters. The molecule has 1 saturated carbocycles. The first-order chi connectivity index (χ1) is 13.2. The highest BCUT2D eigenvalue weighted by Crippen LogP contribution is 2.42. The average molecular weight is 365 g/mol. The molecule has 2 aromatic carbocycles. The summed E-state index contributed by atoms with van der Waals surface area (Å²) in [5.74, 6) is 0.589. The van der Waals surface area contributed by atoms with Gasteiger partial charge in [0.2, 0.25) is 0 Å². The van der Waals surface area contributed by atoms with Crippen molar-refractivity contribution in [2.75, 3.05) is 18.0 Å². The molecule has 1 aliphatic carbocycles. The minimum atomic E-state index is -0.632. The minimum absolute atomic E-state index is 0.0980. The van der Waals surface area contributed by atoms with Crippen molar-refractivity contribution >= 4 is 11.7 Å². The Kier molecular flexibility index (Phi) is 5.33. The summed E-state index contributed by atoms with van der Waals surface area (Å²) in [6, 6.07) is 18.8. The molecule has 4 nitrogen and oxygen atoms in total. The van der Waals surface area contributed by atoms with E-state index in [4.69, 9.17) is 9.84 Å². The van der Waals surface area contributed by atoms with Crippen molar-refractivity contribution in [2.24, 2.45) is 11.8 Å². The Labute approximate surface area is 160 Å². The molecule has 1 saturated heterocycles. The van der Waals surface area contributed by atoms with E-state index >= 15 is 0 Å². The molecular formula is C23H27NO3. The SMILES string of the molecule is O=C(O)[C@@H]1C[C@H]1CCc1ccc(N2CCC[C@@H](Oc3ccccc3)C2)cc1. The molecule has 0 aromatic heterocycles. The Balaban J connectivity index is 1.29. The third-order valence-electron chi connectivity index (χ3n) is 5.77. The second kappa shape index (κ2) is 8.03. The number of hydrogen-bond donors (Lipinski definition) is 1. The highest BCUT2D eigenvalue weighted by atomic mass is 16.5. The summed E-state index contributed by atoms with van der Waals surface area (Å²) in [4.78, 5) is 13.3. The monoisotopic (exact) mass is 365 g/mol. The van der Waals surface area contributed by atoms with Crippen LogP contribution in [0.3, 0.4) is 0 Å². The Hall–Kier alpha value is -2.49. The van der Waals surface area contributed by atoms with Crippen molar-refractivity contribution in [3.63, 3.8) is 0 Å². The van der Waals surface area contributed by atoms with Crippen LogP contribution in [-0.2, 0) is 11.2 Å². The summed E-state index contributed by atoms with van der Waals surface area (Å²) in [6.45, 7) is 1.98. The van der Waals surface area contributed by atoms with Crippen LogP contribution in [0, 0.1) is 11.8 Å². The van der Waals surface area contributed by atoms with Crippen LogP contribution in [-0.4, -0.2) is 30.3 Å². The fourth-order valence-corrected chi connectivity index (χ4v) is 4.05. The van der Waals surface area contributed by atoms with E-state index < -0.39 is 5.97 Å². The second-order valence-corrected chi connectivity index (χ2v) is 7.79. The van der Waals surface area contributed by atoms with Crippen molar-refractivity contribution in [1.29, 1.82) is 0 Å². The largest absolute Gasteiger partial charge is 0.489 e. The van der Waals surface area contributed by atoms with Gasteiger partial charge in [-0.2, -0.15) is 0 Å². The number of carbonyl (C=O) groups is 1. The van der Waals surface area contributed by atoms with E-state index in [-0.39, 0.29) is 12.0 Å². The molecule has 3 atom stereocenters. The van der Waals surface area contributed by atoms with Crippen LogP contribution >= 0.6 is 0 Å². The molecule has 1 N–H and O–H groups in total. The Morgan fingerprint density at radius 2 is 1.89 bits per heavy atom. The van der Waals surface area contributed by atoms with Gasteiger partial charge in [-0.3, -0.25) is 4.79 Å². The highest BCUT2D eigenvalue weighted by Gasteiger charge is 2.42. The molecule has 2 fully saturated rings. The number of ether oxygens (including phenoxy) is 1. The maximum atomic E-state index is 10.9. The van der Waals surface area contributed by atoms with E-state index in [1.807, 2.05) is 30.3 Å². The quantitative estimate of drug-likeness (QED) is 0.791. The van der Waals surface area contributed by atoms with Crippen LogP contribution in [0.15, 0.2) is 54.6 Å². The number of benzene rings is 2. The average Bonchev–Trinajstić information content (AvgIpc) is 3.48. The third-order valence-corrected chi connectivity index (χ3v) is 5.77. The summed E-state index contributed by atoms with van der Waals surface area (Å²) < 4.78 is 6.14. The number of aryl methyl sites for hydroxylation is 1. The molecule has 142 valence electrons. The summed E-state index contributed by atoms with van der Waals surface area (Å²) in [7, 11) is 0. The standard InChI is InChI=1S/C23H27NO3/c25-23(26)22-15-18(22)11-8-17-9-12-19(13-10-17)24-14-4-7-21(16-24)27-20-5-2-1-3-6-20/h1-3,5-6,9-10,12-13,18,21-22H,4,7-8,11,14-16H2,(H,25,26)/t18-,21-,22-/m1/s1. The third kappa shape index (κ3) is 4.62. The lowest BCUT2D eigenvalue weighted by Gasteiger charge is -2.34. The fourth-order valence-electron chi connectivity index (χ4n) is 4.05. The maximum Gasteiger partial charge on any atom is 0.306 e. The number of anilines is 1. The van der Waals surface area contributed by atoms with Gasteiger partial charge in [0.1, 0.15) is 11.9 Å². The second-order valence-electron chi connectivity index (χ2n) is 7.79. The molecule has 4 rings (SSSR count). The molecule has 1 heterocycles. The number of piperidine rings is 1. The smallest absolute Gasteiger partial charge is 0.306 e. The van der Waals surface area contributed by atoms with Crippen LogP contribution in [0.1, 0.15) is 31.2 Å². The first kappa shape index (κ1) is 17.9. The lowest BCUT2D eigenvalue weighted by atomic mass is 10.0. The van der Waals surface area contributed by atoms with Crippen molar-refractivity contribution in [2.45, 2.75) is 38.2 Å². The highest BCUT2D eigenvalue weighted by molar-refractivity contribution is 5.73. The van der Waals surface area contributed by atoms with Gasteiger partial charge in [0.15, 0.2) is 0 Å². The number of aliphatic carboxylic acids is 1. The molecule has 0 bridgehead atoms. The van der Waals surface area contributed by atoms with Gasteiger partial charge in [-0.15, -0.1) is 0 Å².